The molecule has 0 unspecified atom stereocenters. The third-order valence-electron chi connectivity index (χ3n) is 4.60. The number of carbonyl (C=O) groups excluding carboxylic acids is 1. The first-order valence-electron chi connectivity index (χ1n) is 7.52. The summed E-state index contributed by atoms with van der Waals surface area (Å²) >= 11 is 0. The van der Waals surface area contributed by atoms with Crippen molar-refractivity contribution in [3.63, 3.8) is 0 Å². The summed E-state index contributed by atoms with van der Waals surface area (Å²) in [6.07, 6.45) is 7.17. The van der Waals surface area contributed by atoms with Crippen LogP contribution in [0.15, 0.2) is 42.5 Å². The standard InChI is InChI=1S/C18H25NO/c1-14(18(2,3)16-12-8-5-9-13-16)19-17(20)15-10-6-4-7-11-15/h4-6,8-9,12-15H,7,10-11H2,1-3H3,(H,19,20)/t14-,15+/m0/s1. The fourth-order valence-electron chi connectivity index (χ4n) is 2.66. The first-order chi connectivity index (χ1) is 9.51. The van der Waals surface area contributed by atoms with Crippen molar-refractivity contribution in [2.45, 2.75) is 51.5 Å². The molecule has 0 saturated heterocycles. The van der Waals surface area contributed by atoms with Crippen LogP contribution in [0.3, 0.4) is 0 Å². The van der Waals surface area contributed by atoms with Crippen LogP contribution in [-0.2, 0) is 10.2 Å². The minimum absolute atomic E-state index is 0.0680. The van der Waals surface area contributed by atoms with Crippen LogP contribution in [0.25, 0.3) is 0 Å². The lowest BCUT2D eigenvalue weighted by Gasteiger charge is -2.34. The fourth-order valence-corrected chi connectivity index (χ4v) is 2.66. The Morgan fingerprint density at radius 2 is 1.95 bits per heavy atom. The lowest BCUT2D eigenvalue weighted by molar-refractivity contribution is -0.126. The van der Waals surface area contributed by atoms with Crippen molar-refractivity contribution < 1.29 is 4.79 Å². The van der Waals surface area contributed by atoms with Crippen molar-refractivity contribution in [2.24, 2.45) is 5.92 Å². The van der Waals surface area contributed by atoms with Gasteiger partial charge in [0.15, 0.2) is 0 Å². The van der Waals surface area contributed by atoms with Gasteiger partial charge in [0.05, 0.1) is 0 Å². The van der Waals surface area contributed by atoms with Gasteiger partial charge in [0.2, 0.25) is 5.91 Å². The molecule has 0 aromatic heterocycles. The first kappa shape index (κ1) is 14.8. The zero-order valence-electron chi connectivity index (χ0n) is 12.7. The molecule has 2 nitrogen and oxygen atoms in total. The number of allylic oxidation sites excluding steroid dienone is 2. The van der Waals surface area contributed by atoms with E-state index in [0.29, 0.717) is 0 Å². The van der Waals surface area contributed by atoms with Gasteiger partial charge in [0.25, 0.3) is 0 Å². The average molecular weight is 271 g/mol. The number of rotatable bonds is 4. The zero-order valence-corrected chi connectivity index (χ0v) is 12.7. The fraction of sp³-hybridized carbons (Fsp3) is 0.500. The second-order valence-corrected chi connectivity index (χ2v) is 6.30. The molecule has 2 rings (SSSR count). The van der Waals surface area contributed by atoms with Gasteiger partial charge in [0, 0.05) is 17.4 Å². The van der Waals surface area contributed by atoms with Crippen molar-refractivity contribution >= 4 is 5.91 Å². The molecule has 20 heavy (non-hydrogen) atoms. The molecule has 1 N–H and O–H groups in total. The average Bonchev–Trinajstić information content (AvgIpc) is 2.49. The number of amides is 1. The second-order valence-electron chi connectivity index (χ2n) is 6.30. The van der Waals surface area contributed by atoms with Crippen LogP contribution in [-0.4, -0.2) is 11.9 Å². The van der Waals surface area contributed by atoms with E-state index in [-0.39, 0.29) is 23.3 Å². The summed E-state index contributed by atoms with van der Waals surface area (Å²) in [5.41, 5.74) is 1.19. The van der Waals surface area contributed by atoms with Crippen molar-refractivity contribution in [3.05, 3.63) is 48.0 Å². The summed E-state index contributed by atoms with van der Waals surface area (Å²) < 4.78 is 0. The summed E-state index contributed by atoms with van der Waals surface area (Å²) in [6, 6.07) is 10.5. The Kier molecular flexibility index (Phi) is 4.64. The summed E-state index contributed by atoms with van der Waals surface area (Å²) in [4.78, 5) is 12.3. The Balaban J connectivity index is 2.01. The maximum atomic E-state index is 12.3. The minimum Gasteiger partial charge on any atom is -0.353 e. The molecule has 0 bridgehead atoms. The van der Waals surface area contributed by atoms with Crippen LogP contribution in [0.2, 0.25) is 0 Å². The highest BCUT2D eigenvalue weighted by Crippen LogP contribution is 2.27. The smallest absolute Gasteiger partial charge is 0.223 e. The number of hydrogen-bond acceptors (Lipinski definition) is 1. The van der Waals surface area contributed by atoms with Crippen LogP contribution in [0, 0.1) is 5.92 Å². The van der Waals surface area contributed by atoms with Gasteiger partial charge in [-0.2, -0.15) is 0 Å². The molecule has 1 amide bonds. The highest BCUT2D eigenvalue weighted by molar-refractivity contribution is 5.79. The molecule has 1 aliphatic rings. The van der Waals surface area contributed by atoms with Crippen LogP contribution in [0.1, 0.15) is 45.6 Å². The van der Waals surface area contributed by atoms with E-state index in [1.54, 1.807) is 0 Å². The van der Waals surface area contributed by atoms with Crippen molar-refractivity contribution in [2.75, 3.05) is 0 Å². The molecule has 2 atom stereocenters. The molecule has 108 valence electrons. The van der Waals surface area contributed by atoms with Gasteiger partial charge in [0.1, 0.15) is 0 Å². The van der Waals surface area contributed by atoms with Gasteiger partial charge < -0.3 is 5.32 Å². The minimum atomic E-state index is -0.0680. The Morgan fingerprint density at radius 3 is 2.55 bits per heavy atom. The van der Waals surface area contributed by atoms with Gasteiger partial charge in [-0.15, -0.1) is 0 Å². The van der Waals surface area contributed by atoms with Gasteiger partial charge in [-0.05, 0) is 31.7 Å². The molecular weight excluding hydrogens is 246 g/mol. The molecule has 0 heterocycles. The maximum absolute atomic E-state index is 12.3. The summed E-state index contributed by atoms with van der Waals surface area (Å²) in [7, 11) is 0. The van der Waals surface area contributed by atoms with E-state index in [0.717, 1.165) is 19.3 Å². The van der Waals surface area contributed by atoms with E-state index in [1.165, 1.54) is 5.56 Å². The van der Waals surface area contributed by atoms with E-state index in [9.17, 15) is 4.79 Å². The lowest BCUT2D eigenvalue weighted by Crippen LogP contribution is -2.47. The zero-order chi connectivity index (χ0) is 14.6. The van der Waals surface area contributed by atoms with Gasteiger partial charge in [-0.25, -0.2) is 0 Å². The van der Waals surface area contributed by atoms with E-state index < -0.39 is 0 Å². The third kappa shape index (κ3) is 3.30. The summed E-state index contributed by atoms with van der Waals surface area (Å²) in [5.74, 6) is 0.347. The Hall–Kier alpha value is -1.57. The molecule has 1 aromatic rings. The molecular formula is C18H25NO. The molecule has 2 heteroatoms. The monoisotopic (exact) mass is 271 g/mol. The molecule has 1 aromatic carbocycles. The van der Waals surface area contributed by atoms with E-state index in [2.05, 4.69) is 62.5 Å². The largest absolute Gasteiger partial charge is 0.353 e. The van der Waals surface area contributed by atoms with E-state index in [1.807, 2.05) is 6.07 Å². The van der Waals surface area contributed by atoms with Crippen molar-refractivity contribution in [3.8, 4) is 0 Å². The quantitative estimate of drug-likeness (QED) is 0.829. The predicted octanol–water partition coefficient (Wildman–Crippen LogP) is 3.83. The summed E-state index contributed by atoms with van der Waals surface area (Å²) in [6.45, 7) is 6.48. The van der Waals surface area contributed by atoms with Crippen molar-refractivity contribution in [1.82, 2.24) is 5.32 Å². The van der Waals surface area contributed by atoms with E-state index >= 15 is 0 Å². The van der Waals surface area contributed by atoms with Gasteiger partial charge in [-0.3, -0.25) is 4.79 Å². The Labute approximate surface area is 122 Å². The Bertz CT molecular complexity index is 475. The number of hydrogen-bond donors (Lipinski definition) is 1. The van der Waals surface area contributed by atoms with Crippen molar-refractivity contribution in [1.29, 1.82) is 0 Å². The first-order valence-corrected chi connectivity index (χ1v) is 7.52. The van der Waals surface area contributed by atoms with Crippen LogP contribution in [0.4, 0.5) is 0 Å². The van der Waals surface area contributed by atoms with Crippen LogP contribution in [0.5, 0.6) is 0 Å². The number of carbonyl (C=O) groups is 1. The molecule has 0 radical (unpaired) electrons. The highest BCUT2D eigenvalue weighted by Gasteiger charge is 2.30. The maximum Gasteiger partial charge on any atom is 0.223 e. The molecule has 0 fully saturated rings. The highest BCUT2D eigenvalue weighted by atomic mass is 16.1. The predicted molar refractivity (Wildman–Crippen MR) is 83.6 cm³/mol. The number of nitrogens with one attached hydrogen (secondary N) is 1. The normalized spacial score (nSPS) is 20.4. The Morgan fingerprint density at radius 1 is 1.25 bits per heavy atom. The topological polar surface area (TPSA) is 29.1 Å². The van der Waals surface area contributed by atoms with Gasteiger partial charge in [-0.1, -0.05) is 56.3 Å². The van der Waals surface area contributed by atoms with Crippen LogP contribution >= 0.6 is 0 Å². The molecule has 0 saturated carbocycles. The van der Waals surface area contributed by atoms with E-state index in [4.69, 9.17) is 0 Å². The van der Waals surface area contributed by atoms with Crippen LogP contribution < -0.4 is 5.32 Å². The molecule has 0 spiro atoms. The lowest BCUT2D eigenvalue weighted by atomic mass is 9.78. The number of benzene rings is 1. The summed E-state index contributed by atoms with van der Waals surface area (Å²) in [5, 5.41) is 3.22. The third-order valence-corrected chi connectivity index (χ3v) is 4.60. The SMILES string of the molecule is C[C@H](NC(=O)[C@@H]1CC=CCC1)C(C)(C)c1ccccc1. The second kappa shape index (κ2) is 6.25. The van der Waals surface area contributed by atoms with Gasteiger partial charge >= 0.3 is 0 Å². The molecule has 1 aliphatic carbocycles. The molecule has 0 aliphatic heterocycles.